The zero-order chi connectivity index (χ0) is 17.6. The molecule has 7 nitrogen and oxygen atoms in total. The Kier molecular flexibility index (Phi) is 13.0. The van der Waals surface area contributed by atoms with Gasteiger partial charge >= 0.3 is 11.9 Å². The van der Waals surface area contributed by atoms with E-state index in [1.54, 1.807) is 0 Å². The maximum absolute atomic E-state index is 11.1. The van der Waals surface area contributed by atoms with Gasteiger partial charge in [0.25, 0.3) is 0 Å². The van der Waals surface area contributed by atoms with Crippen molar-refractivity contribution in [3.8, 4) is 0 Å². The van der Waals surface area contributed by atoms with Gasteiger partial charge in [0.2, 0.25) is 5.91 Å². The third-order valence-electron chi connectivity index (χ3n) is 2.69. The number of carbonyl (C=O) groups excluding carboxylic acids is 1. The topological polar surface area (TPSA) is 130 Å². The van der Waals surface area contributed by atoms with Gasteiger partial charge in [0.15, 0.2) is 0 Å². The molecule has 0 aliphatic rings. The summed E-state index contributed by atoms with van der Waals surface area (Å²) in [7, 11) is 0. The van der Waals surface area contributed by atoms with Crippen LogP contribution in [0.4, 0.5) is 0 Å². The van der Waals surface area contributed by atoms with Crippen molar-refractivity contribution >= 4 is 17.8 Å². The molecular formula is C15H28N2O5. The van der Waals surface area contributed by atoms with Gasteiger partial charge in [-0.1, -0.05) is 32.6 Å². The van der Waals surface area contributed by atoms with E-state index in [-0.39, 0.29) is 18.0 Å². The average molecular weight is 316 g/mol. The number of aliphatic carboxylic acids is 2. The van der Waals surface area contributed by atoms with E-state index >= 15 is 0 Å². The van der Waals surface area contributed by atoms with Crippen molar-refractivity contribution in [2.75, 3.05) is 6.54 Å². The smallest absolute Gasteiger partial charge is 0.328 e. The molecular weight excluding hydrogens is 288 g/mol. The van der Waals surface area contributed by atoms with Gasteiger partial charge in [0, 0.05) is 17.7 Å². The third kappa shape index (κ3) is 18.1. The highest BCUT2D eigenvalue weighted by Gasteiger charge is 2.18. The van der Waals surface area contributed by atoms with Crippen LogP contribution >= 0.6 is 0 Å². The normalized spacial score (nSPS) is 10.7. The van der Waals surface area contributed by atoms with E-state index in [0.717, 1.165) is 6.42 Å². The maximum atomic E-state index is 11.1. The molecule has 0 saturated heterocycles. The number of amides is 1. The molecule has 0 unspecified atom stereocenters. The fourth-order valence-corrected chi connectivity index (χ4v) is 1.63. The molecule has 0 atom stereocenters. The van der Waals surface area contributed by atoms with Crippen LogP contribution in [0.15, 0.2) is 12.2 Å². The van der Waals surface area contributed by atoms with E-state index in [9.17, 15) is 14.4 Å². The van der Waals surface area contributed by atoms with Crippen LogP contribution in [0.1, 0.15) is 52.9 Å². The van der Waals surface area contributed by atoms with Crippen molar-refractivity contribution in [3.63, 3.8) is 0 Å². The second-order valence-electron chi connectivity index (χ2n) is 5.46. The predicted octanol–water partition coefficient (Wildman–Crippen LogP) is 1.52. The SMILES string of the molecule is CCCCCCC(C)(C)NC(=O)CN.O=C(O)C=CC(=O)O. The highest BCUT2D eigenvalue weighted by molar-refractivity contribution is 5.89. The minimum absolute atomic E-state index is 0.0644. The van der Waals surface area contributed by atoms with E-state index in [0.29, 0.717) is 12.2 Å². The predicted molar refractivity (Wildman–Crippen MR) is 84.4 cm³/mol. The van der Waals surface area contributed by atoms with Crippen molar-refractivity contribution in [2.45, 2.75) is 58.4 Å². The summed E-state index contributed by atoms with van der Waals surface area (Å²) < 4.78 is 0. The summed E-state index contributed by atoms with van der Waals surface area (Å²) in [6.45, 7) is 6.37. The zero-order valence-electron chi connectivity index (χ0n) is 13.6. The largest absolute Gasteiger partial charge is 0.478 e. The first kappa shape index (κ1) is 22.4. The fourth-order valence-electron chi connectivity index (χ4n) is 1.63. The van der Waals surface area contributed by atoms with Crippen LogP contribution in [0.25, 0.3) is 0 Å². The first-order valence-corrected chi connectivity index (χ1v) is 7.29. The Morgan fingerprint density at radius 1 is 1.05 bits per heavy atom. The molecule has 0 aromatic rings. The van der Waals surface area contributed by atoms with Gasteiger partial charge < -0.3 is 21.3 Å². The van der Waals surface area contributed by atoms with Gasteiger partial charge in [0.05, 0.1) is 6.54 Å². The van der Waals surface area contributed by atoms with E-state index in [1.165, 1.54) is 25.7 Å². The standard InChI is InChI=1S/C11H24N2O.C4H4O4/c1-4-5-6-7-8-11(2,3)13-10(14)9-12;5-3(6)1-2-4(7)8/h4-9,12H2,1-3H3,(H,13,14);1-2H,(H,5,6)(H,7,8). The number of unbranched alkanes of at least 4 members (excludes halogenated alkanes) is 3. The lowest BCUT2D eigenvalue weighted by Gasteiger charge is -2.26. The van der Waals surface area contributed by atoms with Crippen molar-refractivity contribution in [1.82, 2.24) is 5.32 Å². The number of carboxylic acids is 2. The molecule has 0 bridgehead atoms. The van der Waals surface area contributed by atoms with Crippen LogP contribution in [0, 0.1) is 0 Å². The Morgan fingerprint density at radius 3 is 1.91 bits per heavy atom. The van der Waals surface area contributed by atoms with E-state index < -0.39 is 11.9 Å². The number of hydrogen-bond donors (Lipinski definition) is 4. The van der Waals surface area contributed by atoms with E-state index in [2.05, 4.69) is 12.2 Å². The minimum Gasteiger partial charge on any atom is -0.478 e. The fraction of sp³-hybridized carbons (Fsp3) is 0.667. The molecule has 0 rings (SSSR count). The summed E-state index contributed by atoms with van der Waals surface area (Å²) in [5.41, 5.74) is 5.14. The molecule has 0 radical (unpaired) electrons. The summed E-state index contributed by atoms with van der Waals surface area (Å²) in [5, 5.41) is 18.5. The molecule has 0 saturated carbocycles. The Morgan fingerprint density at radius 2 is 1.55 bits per heavy atom. The van der Waals surface area contributed by atoms with Crippen LogP contribution < -0.4 is 11.1 Å². The molecule has 0 fully saturated rings. The number of nitrogens with two attached hydrogens (primary N) is 1. The van der Waals surface area contributed by atoms with Crippen molar-refractivity contribution < 1.29 is 24.6 Å². The van der Waals surface area contributed by atoms with Gasteiger partial charge in [-0.2, -0.15) is 0 Å². The number of carbonyl (C=O) groups is 3. The molecule has 0 aromatic carbocycles. The van der Waals surface area contributed by atoms with E-state index in [1.807, 2.05) is 13.8 Å². The summed E-state index contributed by atoms with van der Waals surface area (Å²) in [5.74, 6) is -2.58. The lowest BCUT2D eigenvalue weighted by molar-refractivity contribution is -0.134. The molecule has 0 heterocycles. The third-order valence-corrected chi connectivity index (χ3v) is 2.69. The Balaban J connectivity index is 0. The maximum Gasteiger partial charge on any atom is 0.328 e. The molecule has 0 aromatic heterocycles. The number of hydrogen-bond acceptors (Lipinski definition) is 4. The van der Waals surface area contributed by atoms with Gasteiger partial charge in [0.1, 0.15) is 0 Å². The zero-order valence-corrected chi connectivity index (χ0v) is 13.6. The highest BCUT2D eigenvalue weighted by Crippen LogP contribution is 2.14. The summed E-state index contributed by atoms with van der Waals surface area (Å²) in [6.07, 6.45) is 7.09. The van der Waals surface area contributed by atoms with Gasteiger partial charge in [-0.25, -0.2) is 9.59 Å². The highest BCUT2D eigenvalue weighted by atomic mass is 16.4. The van der Waals surface area contributed by atoms with Crippen molar-refractivity contribution in [2.24, 2.45) is 5.73 Å². The van der Waals surface area contributed by atoms with Gasteiger partial charge in [-0.05, 0) is 20.3 Å². The Labute approximate surface area is 131 Å². The molecule has 0 aliphatic heterocycles. The molecule has 22 heavy (non-hydrogen) atoms. The van der Waals surface area contributed by atoms with Crippen LogP contribution in [-0.2, 0) is 14.4 Å². The second kappa shape index (κ2) is 12.8. The summed E-state index contributed by atoms with van der Waals surface area (Å²) in [4.78, 5) is 30.2. The Hall–Kier alpha value is -1.89. The lowest BCUT2D eigenvalue weighted by atomic mass is 9.96. The first-order valence-electron chi connectivity index (χ1n) is 7.29. The van der Waals surface area contributed by atoms with Gasteiger partial charge in [-0.15, -0.1) is 0 Å². The quantitative estimate of drug-likeness (QED) is 0.377. The number of carboxylic acid groups (broad SMARTS) is 2. The van der Waals surface area contributed by atoms with Crippen LogP contribution in [0.5, 0.6) is 0 Å². The first-order chi connectivity index (χ1) is 10.1. The molecule has 7 heteroatoms. The lowest BCUT2D eigenvalue weighted by Crippen LogP contribution is -2.45. The van der Waals surface area contributed by atoms with Crippen molar-refractivity contribution in [1.29, 1.82) is 0 Å². The molecule has 0 aliphatic carbocycles. The molecule has 5 N–H and O–H groups in total. The van der Waals surface area contributed by atoms with Gasteiger partial charge in [-0.3, -0.25) is 4.79 Å². The average Bonchev–Trinajstić information content (AvgIpc) is 2.41. The summed E-state index contributed by atoms with van der Waals surface area (Å²) >= 11 is 0. The second-order valence-corrected chi connectivity index (χ2v) is 5.46. The summed E-state index contributed by atoms with van der Waals surface area (Å²) in [6, 6.07) is 0. The van der Waals surface area contributed by atoms with Crippen LogP contribution in [0.3, 0.4) is 0 Å². The molecule has 1 amide bonds. The number of nitrogens with one attached hydrogen (secondary N) is 1. The van der Waals surface area contributed by atoms with Crippen LogP contribution in [0.2, 0.25) is 0 Å². The Bertz CT molecular complexity index is 362. The monoisotopic (exact) mass is 316 g/mol. The van der Waals surface area contributed by atoms with E-state index in [4.69, 9.17) is 15.9 Å². The molecule has 128 valence electrons. The minimum atomic E-state index is -1.26. The van der Waals surface area contributed by atoms with Crippen LogP contribution in [-0.4, -0.2) is 40.1 Å². The van der Waals surface area contributed by atoms with Crippen molar-refractivity contribution in [3.05, 3.63) is 12.2 Å². The molecule has 0 spiro atoms. The number of rotatable bonds is 9.